The third-order valence-corrected chi connectivity index (χ3v) is 6.81. The zero-order chi connectivity index (χ0) is 17.8. The van der Waals surface area contributed by atoms with Crippen LogP contribution in [-0.4, -0.2) is 30.4 Å². The maximum atomic E-state index is 12.9. The molecule has 2 heterocycles. The van der Waals surface area contributed by atoms with Gasteiger partial charge in [0.25, 0.3) is 5.91 Å². The molecule has 4 nitrogen and oxygen atoms in total. The van der Waals surface area contributed by atoms with E-state index < -0.39 is 0 Å². The summed E-state index contributed by atoms with van der Waals surface area (Å²) in [5, 5.41) is 4.89. The van der Waals surface area contributed by atoms with E-state index in [2.05, 4.69) is 11.4 Å². The van der Waals surface area contributed by atoms with E-state index >= 15 is 0 Å². The van der Waals surface area contributed by atoms with Crippen molar-refractivity contribution in [2.75, 3.05) is 13.2 Å². The third-order valence-electron chi connectivity index (χ3n) is 5.42. The molecule has 4 rings (SSSR count). The summed E-state index contributed by atoms with van der Waals surface area (Å²) < 4.78 is 11.5. The quantitative estimate of drug-likeness (QED) is 0.809. The summed E-state index contributed by atoms with van der Waals surface area (Å²) in [6.45, 7) is 1.39. The van der Waals surface area contributed by atoms with Crippen LogP contribution in [0.15, 0.2) is 28.7 Å². The second-order valence-corrected chi connectivity index (χ2v) is 8.65. The van der Waals surface area contributed by atoms with Gasteiger partial charge in [-0.05, 0) is 31.7 Å². The molecule has 1 amide bonds. The normalized spacial score (nSPS) is 21.8. The number of hydrogen-bond acceptors (Lipinski definition) is 4. The largest absolute Gasteiger partial charge is 0.451 e. The highest BCUT2D eigenvalue weighted by atomic mass is 32.2. The molecule has 1 aliphatic carbocycles. The Morgan fingerprint density at radius 3 is 2.77 bits per heavy atom. The van der Waals surface area contributed by atoms with Gasteiger partial charge in [-0.15, -0.1) is 0 Å². The molecule has 2 fully saturated rings. The van der Waals surface area contributed by atoms with Crippen LogP contribution in [0.25, 0.3) is 11.0 Å². The molecule has 140 valence electrons. The fourth-order valence-electron chi connectivity index (χ4n) is 3.96. The number of ether oxygens (including phenoxy) is 1. The topological polar surface area (TPSA) is 51.5 Å². The lowest BCUT2D eigenvalue weighted by atomic mass is 10.0. The van der Waals surface area contributed by atoms with Gasteiger partial charge >= 0.3 is 0 Å². The molecule has 5 heteroatoms. The number of hydrogen-bond donors (Lipinski definition) is 1. The molecule has 1 atom stereocenters. The number of amides is 1. The van der Waals surface area contributed by atoms with Gasteiger partial charge in [-0.2, -0.15) is 11.8 Å². The summed E-state index contributed by atoms with van der Waals surface area (Å²) in [4.78, 5) is 12.9. The van der Waals surface area contributed by atoms with Gasteiger partial charge in [0.15, 0.2) is 5.76 Å². The average Bonchev–Trinajstić information content (AvgIpc) is 3.07. The standard InChI is InChI=1S/C21H27NO3S/c23-21(22-15-7-6-12-24-13-15)20-18(14-26-16-8-2-1-3-9-16)17-10-4-5-11-19(17)25-20/h4-5,10-11,15-16H,1-3,6-9,12-14H2,(H,22,23). The van der Waals surface area contributed by atoms with Crippen molar-refractivity contribution in [2.45, 2.75) is 62.0 Å². The maximum absolute atomic E-state index is 12.9. The van der Waals surface area contributed by atoms with Crippen LogP contribution in [0, 0.1) is 0 Å². The minimum atomic E-state index is -0.101. The van der Waals surface area contributed by atoms with Crippen LogP contribution in [0.4, 0.5) is 0 Å². The summed E-state index contributed by atoms with van der Waals surface area (Å²) in [5.41, 5.74) is 1.85. The SMILES string of the molecule is O=C(NC1CCCOC1)c1oc2ccccc2c1CSC1CCCCC1. The van der Waals surface area contributed by atoms with Gasteiger partial charge in [-0.3, -0.25) is 4.79 Å². The number of nitrogens with one attached hydrogen (secondary N) is 1. The van der Waals surface area contributed by atoms with Crippen molar-refractivity contribution in [3.63, 3.8) is 0 Å². The summed E-state index contributed by atoms with van der Waals surface area (Å²) in [5.74, 6) is 1.22. The van der Waals surface area contributed by atoms with Crippen LogP contribution >= 0.6 is 11.8 Å². The molecule has 26 heavy (non-hydrogen) atoms. The first kappa shape index (κ1) is 17.9. The number of para-hydroxylation sites is 1. The van der Waals surface area contributed by atoms with Gasteiger partial charge < -0.3 is 14.5 Å². The van der Waals surface area contributed by atoms with E-state index in [0.29, 0.717) is 17.6 Å². The molecule has 1 aromatic carbocycles. The highest BCUT2D eigenvalue weighted by Crippen LogP contribution is 2.35. The minimum Gasteiger partial charge on any atom is -0.451 e. The van der Waals surface area contributed by atoms with Gasteiger partial charge in [0.1, 0.15) is 5.58 Å². The van der Waals surface area contributed by atoms with E-state index in [0.717, 1.165) is 41.7 Å². The monoisotopic (exact) mass is 373 g/mol. The predicted molar refractivity (Wildman–Crippen MR) is 106 cm³/mol. The van der Waals surface area contributed by atoms with Crippen molar-refractivity contribution in [3.05, 3.63) is 35.6 Å². The molecular weight excluding hydrogens is 346 g/mol. The van der Waals surface area contributed by atoms with E-state index in [1.54, 1.807) is 0 Å². The smallest absolute Gasteiger partial charge is 0.287 e. The van der Waals surface area contributed by atoms with Crippen molar-refractivity contribution in [3.8, 4) is 0 Å². The highest BCUT2D eigenvalue weighted by Gasteiger charge is 2.25. The van der Waals surface area contributed by atoms with Crippen molar-refractivity contribution in [2.24, 2.45) is 0 Å². The number of fused-ring (bicyclic) bond motifs is 1. The Morgan fingerprint density at radius 2 is 1.96 bits per heavy atom. The first-order valence-electron chi connectivity index (χ1n) is 9.82. The lowest BCUT2D eigenvalue weighted by Gasteiger charge is -2.23. The average molecular weight is 374 g/mol. The fraction of sp³-hybridized carbons (Fsp3) is 0.571. The fourth-order valence-corrected chi connectivity index (χ4v) is 5.32. The Bertz CT molecular complexity index is 745. The molecule has 1 aromatic heterocycles. The molecular formula is C21H27NO3S. The predicted octanol–water partition coefficient (Wildman–Crippen LogP) is 4.91. The molecule has 1 aliphatic heterocycles. The number of furan rings is 1. The number of carbonyl (C=O) groups is 1. The van der Waals surface area contributed by atoms with Gasteiger partial charge in [0.2, 0.25) is 0 Å². The molecule has 1 saturated carbocycles. The third kappa shape index (κ3) is 4.09. The molecule has 0 radical (unpaired) electrons. The number of rotatable bonds is 5. The second-order valence-electron chi connectivity index (χ2n) is 7.36. The van der Waals surface area contributed by atoms with Crippen LogP contribution in [0.5, 0.6) is 0 Å². The molecule has 1 saturated heterocycles. The Kier molecular flexibility index (Phi) is 5.85. The maximum Gasteiger partial charge on any atom is 0.287 e. The lowest BCUT2D eigenvalue weighted by Crippen LogP contribution is -2.40. The number of carbonyl (C=O) groups excluding carboxylic acids is 1. The summed E-state index contributed by atoms with van der Waals surface area (Å²) in [7, 11) is 0. The van der Waals surface area contributed by atoms with E-state index in [-0.39, 0.29) is 11.9 Å². The zero-order valence-electron chi connectivity index (χ0n) is 15.2. The van der Waals surface area contributed by atoms with Crippen molar-refractivity contribution in [1.29, 1.82) is 0 Å². The van der Waals surface area contributed by atoms with Gasteiger partial charge in [0, 0.05) is 28.6 Å². The molecule has 2 aliphatic rings. The van der Waals surface area contributed by atoms with Crippen LogP contribution in [0.1, 0.15) is 61.1 Å². The zero-order valence-corrected chi connectivity index (χ0v) is 16.0. The van der Waals surface area contributed by atoms with Gasteiger partial charge in [-0.1, -0.05) is 37.5 Å². The van der Waals surface area contributed by atoms with Gasteiger partial charge in [0.05, 0.1) is 12.6 Å². The molecule has 1 N–H and O–H groups in total. The Morgan fingerprint density at radius 1 is 1.12 bits per heavy atom. The van der Waals surface area contributed by atoms with Crippen molar-refractivity contribution in [1.82, 2.24) is 5.32 Å². The van der Waals surface area contributed by atoms with Gasteiger partial charge in [-0.25, -0.2) is 0 Å². The first-order valence-corrected chi connectivity index (χ1v) is 10.9. The summed E-state index contributed by atoms with van der Waals surface area (Å²) >= 11 is 1.98. The highest BCUT2D eigenvalue weighted by molar-refractivity contribution is 7.99. The molecule has 0 bridgehead atoms. The second kappa shape index (κ2) is 8.49. The summed E-state index contributed by atoms with van der Waals surface area (Å²) in [6.07, 6.45) is 8.58. The number of thioether (sulfide) groups is 1. The minimum absolute atomic E-state index is 0.0864. The van der Waals surface area contributed by atoms with Crippen LogP contribution in [0.3, 0.4) is 0 Å². The van der Waals surface area contributed by atoms with E-state index in [4.69, 9.17) is 9.15 Å². The van der Waals surface area contributed by atoms with E-state index in [1.165, 1.54) is 32.1 Å². The van der Waals surface area contributed by atoms with Crippen LogP contribution in [-0.2, 0) is 10.5 Å². The van der Waals surface area contributed by atoms with Crippen molar-refractivity contribution >= 4 is 28.6 Å². The molecule has 2 aromatic rings. The number of benzene rings is 1. The van der Waals surface area contributed by atoms with Crippen molar-refractivity contribution < 1.29 is 13.9 Å². The summed E-state index contributed by atoms with van der Waals surface area (Å²) in [6, 6.07) is 8.08. The Labute approximate surface area is 159 Å². The Hall–Kier alpha value is -1.46. The lowest BCUT2D eigenvalue weighted by molar-refractivity contribution is 0.0612. The van der Waals surface area contributed by atoms with Crippen LogP contribution in [0.2, 0.25) is 0 Å². The van der Waals surface area contributed by atoms with E-state index in [1.807, 2.05) is 30.0 Å². The molecule has 1 unspecified atom stereocenters. The Balaban J connectivity index is 1.53. The van der Waals surface area contributed by atoms with Crippen LogP contribution < -0.4 is 5.32 Å². The first-order chi connectivity index (χ1) is 12.8. The van der Waals surface area contributed by atoms with E-state index in [9.17, 15) is 4.79 Å². The molecule has 0 spiro atoms.